The maximum absolute atomic E-state index is 4.47. The Hall–Kier alpha value is -2.78. The first-order valence-electron chi connectivity index (χ1n) is 10.6. The number of aryl methyl sites for hydroxylation is 1. The SMILES string of the molecule is CSc1c(C)cc2c3c4c(ccc13)C=CCC4N2c1cccc(C2C=CC=NC2)c1. The standard InChI is InChI=1S/C27H24N2S/c1-17-14-24-26-22(27(17)30-2)12-11-18-6-4-10-23(25(18)26)29(24)21-9-3-7-19(15-21)20-8-5-13-28-16-20/h3-9,11-15,20,23H,10,16H2,1-2H3. The van der Waals surface area contributed by atoms with Crippen molar-refractivity contribution in [1.29, 1.82) is 0 Å². The van der Waals surface area contributed by atoms with Gasteiger partial charge in [0.15, 0.2) is 0 Å². The molecular weight excluding hydrogens is 384 g/mol. The third-order valence-corrected chi connectivity index (χ3v) is 7.62. The summed E-state index contributed by atoms with van der Waals surface area (Å²) in [7, 11) is 0. The van der Waals surface area contributed by atoms with Gasteiger partial charge in [0, 0.05) is 34.6 Å². The normalized spacial score (nSPS) is 21.1. The fourth-order valence-electron chi connectivity index (χ4n) is 5.39. The third kappa shape index (κ3) is 2.55. The molecule has 0 N–H and O–H groups in total. The van der Waals surface area contributed by atoms with Crippen LogP contribution < -0.4 is 4.90 Å². The van der Waals surface area contributed by atoms with Crippen molar-refractivity contribution in [3.63, 3.8) is 0 Å². The van der Waals surface area contributed by atoms with E-state index in [0.29, 0.717) is 12.0 Å². The van der Waals surface area contributed by atoms with E-state index >= 15 is 0 Å². The molecule has 0 radical (unpaired) electrons. The number of dihydropyridines is 1. The highest BCUT2D eigenvalue weighted by Crippen LogP contribution is 2.54. The van der Waals surface area contributed by atoms with Gasteiger partial charge in [0.25, 0.3) is 0 Å². The van der Waals surface area contributed by atoms with Crippen LogP contribution in [0.4, 0.5) is 11.4 Å². The average Bonchev–Trinajstić information content (AvgIpc) is 3.12. The van der Waals surface area contributed by atoms with E-state index in [9.17, 15) is 0 Å². The zero-order chi connectivity index (χ0) is 20.2. The molecule has 0 saturated carbocycles. The Morgan fingerprint density at radius 2 is 2.07 bits per heavy atom. The second-order valence-corrected chi connectivity index (χ2v) is 9.18. The maximum Gasteiger partial charge on any atom is 0.0639 e. The van der Waals surface area contributed by atoms with Gasteiger partial charge in [-0.25, -0.2) is 0 Å². The largest absolute Gasteiger partial charge is 0.333 e. The summed E-state index contributed by atoms with van der Waals surface area (Å²) in [5, 5.41) is 2.85. The van der Waals surface area contributed by atoms with Crippen LogP contribution in [0.5, 0.6) is 0 Å². The smallest absolute Gasteiger partial charge is 0.0639 e. The van der Waals surface area contributed by atoms with Crippen LogP contribution in [-0.4, -0.2) is 19.0 Å². The number of hydrogen-bond donors (Lipinski definition) is 0. The highest BCUT2D eigenvalue weighted by molar-refractivity contribution is 7.98. The minimum Gasteiger partial charge on any atom is -0.333 e. The van der Waals surface area contributed by atoms with Gasteiger partial charge >= 0.3 is 0 Å². The molecule has 0 spiro atoms. The number of aliphatic imine (C=N–C) groups is 1. The van der Waals surface area contributed by atoms with Crippen molar-refractivity contribution in [1.82, 2.24) is 0 Å². The summed E-state index contributed by atoms with van der Waals surface area (Å²) in [6, 6.07) is 16.5. The van der Waals surface area contributed by atoms with Gasteiger partial charge in [-0.05, 0) is 71.5 Å². The van der Waals surface area contributed by atoms with E-state index in [1.54, 1.807) is 0 Å². The lowest BCUT2D eigenvalue weighted by molar-refractivity contribution is 0.726. The zero-order valence-corrected chi connectivity index (χ0v) is 18.1. The molecule has 2 heterocycles. The molecule has 3 aromatic rings. The van der Waals surface area contributed by atoms with Gasteiger partial charge in [-0.1, -0.05) is 42.5 Å². The second-order valence-electron chi connectivity index (χ2n) is 8.36. The Labute approximate surface area is 182 Å². The quantitative estimate of drug-likeness (QED) is 0.426. The first kappa shape index (κ1) is 18.0. The van der Waals surface area contributed by atoms with E-state index in [1.165, 1.54) is 49.3 Å². The number of allylic oxidation sites excluding steroid dienone is 1. The summed E-state index contributed by atoms with van der Waals surface area (Å²) in [5.41, 5.74) is 8.24. The molecule has 2 nitrogen and oxygen atoms in total. The first-order chi connectivity index (χ1) is 14.8. The Morgan fingerprint density at radius 3 is 2.90 bits per heavy atom. The lowest BCUT2D eigenvalue weighted by Gasteiger charge is -2.30. The molecule has 0 bridgehead atoms. The predicted molar refractivity (Wildman–Crippen MR) is 131 cm³/mol. The molecule has 2 atom stereocenters. The van der Waals surface area contributed by atoms with Crippen LogP contribution in [0.2, 0.25) is 0 Å². The molecule has 0 fully saturated rings. The summed E-state index contributed by atoms with van der Waals surface area (Å²) >= 11 is 1.86. The van der Waals surface area contributed by atoms with Crippen molar-refractivity contribution >= 4 is 46.2 Å². The van der Waals surface area contributed by atoms with E-state index in [2.05, 4.69) is 89.8 Å². The van der Waals surface area contributed by atoms with Crippen LogP contribution in [0.1, 0.15) is 40.6 Å². The molecule has 0 aromatic heterocycles. The summed E-state index contributed by atoms with van der Waals surface area (Å²) < 4.78 is 0. The van der Waals surface area contributed by atoms with Crippen LogP contribution in [0.3, 0.4) is 0 Å². The van der Waals surface area contributed by atoms with Crippen molar-refractivity contribution in [3.8, 4) is 0 Å². The minimum absolute atomic E-state index is 0.363. The van der Waals surface area contributed by atoms with Gasteiger partial charge in [-0.3, -0.25) is 4.99 Å². The molecule has 6 rings (SSSR count). The second kappa shape index (κ2) is 6.88. The van der Waals surface area contributed by atoms with Gasteiger partial charge < -0.3 is 4.90 Å². The van der Waals surface area contributed by atoms with E-state index in [4.69, 9.17) is 0 Å². The first-order valence-corrected chi connectivity index (χ1v) is 11.9. The van der Waals surface area contributed by atoms with Gasteiger partial charge in [-0.2, -0.15) is 0 Å². The summed E-state index contributed by atoms with van der Waals surface area (Å²) in [5.74, 6) is 0.363. The van der Waals surface area contributed by atoms with Gasteiger partial charge in [0.05, 0.1) is 11.7 Å². The molecule has 2 unspecified atom stereocenters. The molecule has 30 heavy (non-hydrogen) atoms. The van der Waals surface area contributed by atoms with Gasteiger partial charge in [0.1, 0.15) is 0 Å². The zero-order valence-electron chi connectivity index (χ0n) is 17.3. The number of hydrogen-bond acceptors (Lipinski definition) is 3. The minimum atomic E-state index is 0.363. The molecule has 0 amide bonds. The van der Waals surface area contributed by atoms with Crippen molar-refractivity contribution in [3.05, 3.63) is 82.9 Å². The van der Waals surface area contributed by atoms with Crippen LogP contribution >= 0.6 is 11.8 Å². The van der Waals surface area contributed by atoms with Gasteiger partial charge in [0.2, 0.25) is 0 Å². The number of nitrogens with zero attached hydrogens (tertiary/aromatic N) is 2. The molecule has 3 aliphatic rings. The van der Waals surface area contributed by atoms with Crippen molar-refractivity contribution in [2.45, 2.75) is 30.2 Å². The van der Waals surface area contributed by atoms with Gasteiger partial charge in [-0.15, -0.1) is 11.8 Å². The molecule has 148 valence electrons. The number of benzene rings is 3. The Morgan fingerprint density at radius 1 is 1.13 bits per heavy atom. The number of rotatable bonds is 3. The maximum atomic E-state index is 4.47. The van der Waals surface area contributed by atoms with Crippen LogP contribution in [0.15, 0.2) is 70.6 Å². The number of anilines is 2. The van der Waals surface area contributed by atoms with Crippen molar-refractivity contribution in [2.75, 3.05) is 17.7 Å². The highest BCUT2D eigenvalue weighted by Gasteiger charge is 2.36. The fourth-order valence-corrected chi connectivity index (χ4v) is 6.16. The third-order valence-electron chi connectivity index (χ3n) is 6.67. The number of thioether (sulfide) groups is 1. The fraction of sp³-hybridized carbons (Fsp3) is 0.222. The summed E-state index contributed by atoms with van der Waals surface area (Å²) in [6.45, 7) is 3.09. The Bertz CT molecular complexity index is 1270. The van der Waals surface area contributed by atoms with E-state index in [1.807, 2.05) is 18.0 Å². The topological polar surface area (TPSA) is 15.6 Å². The molecule has 2 aliphatic heterocycles. The van der Waals surface area contributed by atoms with Crippen LogP contribution in [-0.2, 0) is 0 Å². The Kier molecular flexibility index (Phi) is 4.14. The van der Waals surface area contributed by atoms with E-state index < -0.39 is 0 Å². The van der Waals surface area contributed by atoms with Crippen molar-refractivity contribution < 1.29 is 0 Å². The monoisotopic (exact) mass is 408 g/mol. The molecule has 3 heteroatoms. The average molecular weight is 409 g/mol. The lowest BCUT2D eigenvalue weighted by Crippen LogP contribution is -2.20. The van der Waals surface area contributed by atoms with Crippen molar-refractivity contribution in [2.24, 2.45) is 4.99 Å². The molecule has 3 aromatic carbocycles. The van der Waals surface area contributed by atoms with Crippen LogP contribution in [0.25, 0.3) is 16.8 Å². The highest BCUT2D eigenvalue weighted by atomic mass is 32.2. The molecule has 1 aliphatic carbocycles. The predicted octanol–water partition coefficient (Wildman–Crippen LogP) is 7.20. The van der Waals surface area contributed by atoms with E-state index in [-0.39, 0.29) is 0 Å². The lowest BCUT2D eigenvalue weighted by atomic mass is 9.90. The molecular formula is C27H24N2S. The van der Waals surface area contributed by atoms with E-state index in [0.717, 1.165) is 13.0 Å². The Balaban J connectivity index is 1.56. The summed E-state index contributed by atoms with van der Waals surface area (Å²) in [6.07, 6.45) is 14.1. The molecule has 0 saturated heterocycles. The summed E-state index contributed by atoms with van der Waals surface area (Å²) in [4.78, 5) is 8.46. The van der Waals surface area contributed by atoms with Crippen LogP contribution in [0, 0.1) is 6.92 Å².